The number of halogens is 2. The molecular weight excluding hydrogens is 257 g/mol. The van der Waals surface area contributed by atoms with Gasteiger partial charge < -0.3 is 0 Å². The molecule has 0 spiro atoms. The van der Waals surface area contributed by atoms with Crippen LogP contribution in [0, 0.1) is 6.92 Å². The zero-order valence-electron chi connectivity index (χ0n) is 9.32. The van der Waals surface area contributed by atoms with Gasteiger partial charge in [-0.25, -0.2) is 9.67 Å². The molecule has 2 aromatic rings. The summed E-state index contributed by atoms with van der Waals surface area (Å²) in [5.41, 5.74) is 0.891. The van der Waals surface area contributed by atoms with E-state index in [4.69, 9.17) is 23.2 Å². The van der Waals surface area contributed by atoms with E-state index in [1.165, 1.54) is 0 Å². The summed E-state index contributed by atoms with van der Waals surface area (Å²) in [6.07, 6.45) is 1.77. The van der Waals surface area contributed by atoms with Crippen molar-refractivity contribution < 1.29 is 0 Å². The highest BCUT2D eigenvalue weighted by molar-refractivity contribution is 6.42. The minimum absolute atomic E-state index is 0.509. The fourth-order valence-electron chi connectivity index (χ4n) is 1.55. The molecule has 0 aliphatic heterocycles. The topological polar surface area (TPSA) is 30.7 Å². The maximum atomic E-state index is 5.99. The second-order valence-corrected chi connectivity index (χ2v) is 4.40. The van der Waals surface area contributed by atoms with E-state index in [9.17, 15) is 0 Å². The molecule has 0 N–H and O–H groups in total. The number of benzene rings is 1. The first-order valence-electron chi connectivity index (χ1n) is 5.09. The molecule has 1 heterocycles. The van der Waals surface area contributed by atoms with E-state index in [2.05, 4.69) is 16.7 Å². The predicted molar refractivity (Wildman–Crippen MR) is 70.4 cm³/mol. The van der Waals surface area contributed by atoms with Gasteiger partial charge in [-0.3, -0.25) is 0 Å². The summed E-state index contributed by atoms with van der Waals surface area (Å²) in [5.74, 6) is 1.48. The van der Waals surface area contributed by atoms with Gasteiger partial charge in [0.1, 0.15) is 5.82 Å². The third kappa shape index (κ3) is 2.51. The molecule has 0 bridgehead atoms. The highest BCUT2D eigenvalue weighted by atomic mass is 35.5. The molecule has 0 atom stereocenters. The molecule has 0 unspecified atom stereocenters. The van der Waals surface area contributed by atoms with Crippen LogP contribution >= 0.6 is 23.2 Å². The summed E-state index contributed by atoms with van der Waals surface area (Å²) in [6, 6.07) is 5.41. The Morgan fingerprint density at radius 2 is 2.12 bits per heavy atom. The first-order valence-corrected chi connectivity index (χ1v) is 5.85. The van der Waals surface area contributed by atoms with Crippen LogP contribution in [0.5, 0.6) is 0 Å². The Hall–Kier alpha value is -1.32. The Balaban J connectivity index is 2.51. The molecule has 0 saturated carbocycles. The maximum absolute atomic E-state index is 5.99. The maximum Gasteiger partial charge on any atom is 0.158 e. The van der Waals surface area contributed by atoms with Crippen LogP contribution in [-0.2, 0) is 6.54 Å². The summed E-state index contributed by atoms with van der Waals surface area (Å²) in [5, 5.41) is 5.33. The molecule has 3 nitrogen and oxygen atoms in total. The monoisotopic (exact) mass is 267 g/mol. The van der Waals surface area contributed by atoms with Crippen molar-refractivity contribution in [2.45, 2.75) is 13.5 Å². The summed E-state index contributed by atoms with van der Waals surface area (Å²) >= 11 is 11.9. The van der Waals surface area contributed by atoms with Gasteiger partial charge in [0, 0.05) is 5.56 Å². The molecule has 1 aromatic heterocycles. The van der Waals surface area contributed by atoms with E-state index in [0.717, 1.165) is 11.4 Å². The fourth-order valence-corrected chi connectivity index (χ4v) is 1.85. The number of nitrogens with zero attached hydrogens (tertiary/aromatic N) is 3. The van der Waals surface area contributed by atoms with Gasteiger partial charge >= 0.3 is 0 Å². The summed E-state index contributed by atoms with van der Waals surface area (Å²) in [4.78, 5) is 4.37. The summed E-state index contributed by atoms with van der Waals surface area (Å²) in [7, 11) is 0. The van der Waals surface area contributed by atoms with Gasteiger partial charge in [0.15, 0.2) is 5.82 Å². The number of allylic oxidation sites excluding steroid dienone is 1. The van der Waals surface area contributed by atoms with Gasteiger partial charge in [0.25, 0.3) is 0 Å². The Morgan fingerprint density at radius 1 is 1.35 bits per heavy atom. The Morgan fingerprint density at radius 3 is 2.76 bits per heavy atom. The lowest BCUT2D eigenvalue weighted by atomic mass is 10.2. The molecule has 0 amide bonds. The first kappa shape index (κ1) is 12.1. The van der Waals surface area contributed by atoms with Crippen molar-refractivity contribution in [3.05, 3.63) is 46.7 Å². The van der Waals surface area contributed by atoms with Gasteiger partial charge in [-0.15, -0.1) is 6.58 Å². The van der Waals surface area contributed by atoms with E-state index in [-0.39, 0.29) is 0 Å². The third-order valence-electron chi connectivity index (χ3n) is 2.26. The molecule has 0 radical (unpaired) electrons. The van der Waals surface area contributed by atoms with Crippen molar-refractivity contribution in [3.8, 4) is 11.4 Å². The third-order valence-corrected chi connectivity index (χ3v) is 3.00. The summed E-state index contributed by atoms with van der Waals surface area (Å²) in [6.45, 7) is 6.15. The lowest BCUT2D eigenvalue weighted by molar-refractivity contribution is 0.702. The van der Waals surface area contributed by atoms with Crippen molar-refractivity contribution in [1.82, 2.24) is 14.8 Å². The normalized spacial score (nSPS) is 10.5. The standard InChI is InChI=1S/C12H11Cl2N3/c1-3-6-17-12(15-8(2)16-17)9-4-5-10(13)11(14)7-9/h3-5,7H,1,6H2,2H3. The van der Waals surface area contributed by atoms with Crippen molar-refractivity contribution >= 4 is 23.2 Å². The number of aryl methyl sites for hydroxylation is 1. The van der Waals surface area contributed by atoms with Crippen LogP contribution in [0.2, 0.25) is 10.0 Å². The molecule has 0 aliphatic rings. The number of rotatable bonds is 3. The molecule has 1 aromatic carbocycles. The molecule has 88 valence electrons. The lowest BCUT2D eigenvalue weighted by Crippen LogP contribution is -2.00. The Bertz CT molecular complexity index is 561. The molecule has 5 heteroatoms. The van der Waals surface area contributed by atoms with Gasteiger partial charge in [0.05, 0.1) is 16.6 Å². The summed E-state index contributed by atoms with van der Waals surface area (Å²) < 4.78 is 1.78. The predicted octanol–water partition coefficient (Wildman–Crippen LogP) is 3.75. The number of aromatic nitrogens is 3. The van der Waals surface area contributed by atoms with Gasteiger partial charge in [-0.2, -0.15) is 5.10 Å². The second kappa shape index (κ2) is 4.90. The largest absolute Gasteiger partial charge is 0.242 e. The molecule has 0 aliphatic carbocycles. The van der Waals surface area contributed by atoms with E-state index in [1.807, 2.05) is 13.0 Å². The van der Waals surface area contributed by atoms with E-state index >= 15 is 0 Å². The van der Waals surface area contributed by atoms with Crippen LogP contribution in [-0.4, -0.2) is 14.8 Å². The minimum Gasteiger partial charge on any atom is -0.242 e. The number of hydrogen-bond donors (Lipinski definition) is 0. The molecule has 0 saturated heterocycles. The van der Waals surface area contributed by atoms with Crippen LogP contribution < -0.4 is 0 Å². The van der Waals surface area contributed by atoms with E-state index < -0.39 is 0 Å². The Kier molecular flexibility index (Phi) is 3.50. The minimum atomic E-state index is 0.509. The first-order chi connectivity index (χ1) is 8.11. The quantitative estimate of drug-likeness (QED) is 0.794. The van der Waals surface area contributed by atoms with Gasteiger partial charge in [-0.05, 0) is 25.1 Å². The SMILES string of the molecule is C=CCn1nc(C)nc1-c1ccc(Cl)c(Cl)c1. The van der Waals surface area contributed by atoms with Crippen LogP contribution in [0.1, 0.15) is 5.82 Å². The van der Waals surface area contributed by atoms with Gasteiger partial charge in [-0.1, -0.05) is 29.3 Å². The van der Waals surface area contributed by atoms with Crippen molar-refractivity contribution in [3.63, 3.8) is 0 Å². The molecule has 2 rings (SSSR count). The average Bonchev–Trinajstić information content (AvgIpc) is 2.64. The highest BCUT2D eigenvalue weighted by Gasteiger charge is 2.10. The van der Waals surface area contributed by atoms with Crippen molar-refractivity contribution in [2.75, 3.05) is 0 Å². The van der Waals surface area contributed by atoms with Crippen LogP contribution in [0.15, 0.2) is 30.9 Å². The Labute approximate surface area is 110 Å². The molecular formula is C12H11Cl2N3. The van der Waals surface area contributed by atoms with Crippen LogP contribution in [0.25, 0.3) is 11.4 Å². The smallest absolute Gasteiger partial charge is 0.158 e. The van der Waals surface area contributed by atoms with Crippen molar-refractivity contribution in [1.29, 1.82) is 0 Å². The molecule has 17 heavy (non-hydrogen) atoms. The van der Waals surface area contributed by atoms with Crippen molar-refractivity contribution in [2.24, 2.45) is 0 Å². The van der Waals surface area contributed by atoms with E-state index in [1.54, 1.807) is 22.9 Å². The number of hydrogen-bond acceptors (Lipinski definition) is 2. The zero-order valence-corrected chi connectivity index (χ0v) is 10.8. The average molecular weight is 268 g/mol. The molecule has 0 fully saturated rings. The van der Waals surface area contributed by atoms with E-state index in [0.29, 0.717) is 22.4 Å². The zero-order chi connectivity index (χ0) is 12.4. The van der Waals surface area contributed by atoms with Crippen LogP contribution in [0.4, 0.5) is 0 Å². The van der Waals surface area contributed by atoms with Crippen LogP contribution in [0.3, 0.4) is 0 Å². The fraction of sp³-hybridized carbons (Fsp3) is 0.167. The van der Waals surface area contributed by atoms with Gasteiger partial charge in [0.2, 0.25) is 0 Å². The lowest BCUT2D eigenvalue weighted by Gasteiger charge is -2.04. The second-order valence-electron chi connectivity index (χ2n) is 3.58. The highest BCUT2D eigenvalue weighted by Crippen LogP contribution is 2.27.